The summed E-state index contributed by atoms with van der Waals surface area (Å²) in [6, 6.07) is 1.89. The third-order valence-corrected chi connectivity index (χ3v) is 4.88. The van der Waals surface area contributed by atoms with Gasteiger partial charge in [-0.15, -0.1) is 23.7 Å². The Morgan fingerprint density at radius 2 is 1.92 bits per heavy atom. The molecule has 136 valence electrons. The molecule has 0 bridgehead atoms. The van der Waals surface area contributed by atoms with Crippen LogP contribution in [-0.2, 0) is 6.18 Å². The second-order valence-electron chi connectivity index (χ2n) is 5.48. The van der Waals surface area contributed by atoms with Gasteiger partial charge in [-0.2, -0.15) is 13.2 Å². The van der Waals surface area contributed by atoms with Crippen LogP contribution in [0.15, 0.2) is 24.5 Å². The molecule has 2 aromatic rings. The fourth-order valence-corrected chi connectivity index (χ4v) is 3.48. The molecule has 0 aliphatic carbocycles. The summed E-state index contributed by atoms with van der Waals surface area (Å²) in [5.74, 6) is -0.145. The highest BCUT2D eigenvalue weighted by Gasteiger charge is 2.31. The van der Waals surface area contributed by atoms with Crippen molar-refractivity contribution in [1.29, 1.82) is 0 Å². The zero-order valence-electron chi connectivity index (χ0n) is 13.0. The standard InChI is InChI=1S/C15H15F3N4OS.ClH/c16-15(17,18)10-1-2-11(20-7-10)13(23)22-14-21-8-12(24-14)9-3-5-19-6-4-9;/h1-2,7-9,19H,3-6H2,(H,21,22,23);1H. The molecule has 3 rings (SSSR count). The normalized spacial score (nSPS) is 15.5. The van der Waals surface area contributed by atoms with Crippen LogP contribution < -0.4 is 10.6 Å². The van der Waals surface area contributed by atoms with E-state index in [9.17, 15) is 18.0 Å². The molecular weight excluding hydrogens is 377 g/mol. The summed E-state index contributed by atoms with van der Waals surface area (Å²) >= 11 is 1.39. The number of hydrogen-bond acceptors (Lipinski definition) is 5. The first-order valence-electron chi connectivity index (χ1n) is 7.44. The molecule has 0 aromatic carbocycles. The Kier molecular flexibility index (Phi) is 6.36. The summed E-state index contributed by atoms with van der Waals surface area (Å²) in [6.07, 6.45) is -0.0270. The van der Waals surface area contributed by atoms with Crippen LogP contribution in [-0.4, -0.2) is 29.0 Å². The van der Waals surface area contributed by atoms with E-state index in [1.807, 2.05) is 0 Å². The van der Waals surface area contributed by atoms with Crippen LogP contribution in [0.1, 0.15) is 39.7 Å². The van der Waals surface area contributed by atoms with E-state index >= 15 is 0 Å². The summed E-state index contributed by atoms with van der Waals surface area (Å²) < 4.78 is 37.5. The van der Waals surface area contributed by atoms with Crippen molar-refractivity contribution >= 4 is 34.8 Å². The average molecular weight is 393 g/mol. The average Bonchev–Trinajstić information content (AvgIpc) is 3.03. The van der Waals surface area contributed by atoms with Crippen LogP contribution in [0.25, 0.3) is 0 Å². The number of piperidine rings is 1. The van der Waals surface area contributed by atoms with Gasteiger partial charge in [0.15, 0.2) is 5.13 Å². The molecule has 3 heterocycles. The van der Waals surface area contributed by atoms with Crippen molar-refractivity contribution in [2.75, 3.05) is 18.4 Å². The van der Waals surface area contributed by atoms with Gasteiger partial charge in [0.25, 0.3) is 5.91 Å². The van der Waals surface area contributed by atoms with Crippen LogP contribution in [0.2, 0.25) is 0 Å². The summed E-state index contributed by atoms with van der Waals surface area (Å²) in [7, 11) is 0. The molecule has 1 fully saturated rings. The molecule has 1 amide bonds. The molecule has 0 radical (unpaired) electrons. The Morgan fingerprint density at radius 3 is 2.52 bits per heavy atom. The number of rotatable bonds is 3. The molecule has 1 aliphatic heterocycles. The Bertz CT molecular complexity index is 714. The Balaban J connectivity index is 0.00000225. The molecule has 0 spiro atoms. The zero-order chi connectivity index (χ0) is 17.2. The number of alkyl halides is 3. The molecule has 0 atom stereocenters. The molecule has 5 nitrogen and oxygen atoms in total. The highest BCUT2D eigenvalue weighted by molar-refractivity contribution is 7.15. The lowest BCUT2D eigenvalue weighted by atomic mass is 9.97. The number of anilines is 1. The number of carbonyl (C=O) groups is 1. The Morgan fingerprint density at radius 1 is 1.20 bits per heavy atom. The molecule has 0 saturated carbocycles. The number of nitrogens with zero attached hydrogens (tertiary/aromatic N) is 2. The molecule has 1 aliphatic rings. The van der Waals surface area contributed by atoms with Crippen molar-refractivity contribution in [2.45, 2.75) is 24.9 Å². The SMILES string of the molecule is Cl.O=C(Nc1ncc(C2CCNCC2)s1)c1ccc(C(F)(F)F)cn1. The quantitative estimate of drug-likeness (QED) is 0.835. The minimum atomic E-state index is -4.47. The third kappa shape index (κ3) is 4.90. The maximum atomic E-state index is 12.5. The molecule has 2 N–H and O–H groups in total. The van der Waals surface area contributed by atoms with Gasteiger partial charge in [0.05, 0.1) is 5.56 Å². The fraction of sp³-hybridized carbons (Fsp3) is 0.400. The second-order valence-corrected chi connectivity index (χ2v) is 6.54. The highest BCUT2D eigenvalue weighted by atomic mass is 35.5. The lowest BCUT2D eigenvalue weighted by Gasteiger charge is -2.20. The number of amides is 1. The first-order valence-corrected chi connectivity index (χ1v) is 8.26. The number of halogens is 4. The molecule has 1 saturated heterocycles. The largest absolute Gasteiger partial charge is 0.417 e. The number of aromatic nitrogens is 2. The third-order valence-electron chi connectivity index (χ3n) is 3.81. The molecule has 0 unspecified atom stereocenters. The number of hydrogen-bond donors (Lipinski definition) is 2. The smallest absolute Gasteiger partial charge is 0.317 e. The minimum Gasteiger partial charge on any atom is -0.317 e. The summed E-state index contributed by atoms with van der Waals surface area (Å²) in [5.41, 5.74) is -0.969. The first kappa shape index (κ1) is 19.6. The van der Waals surface area contributed by atoms with Gasteiger partial charge >= 0.3 is 6.18 Å². The Hall–Kier alpha value is -1.71. The summed E-state index contributed by atoms with van der Waals surface area (Å²) in [4.78, 5) is 20.9. The first-order chi connectivity index (χ1) is 11.4. The van der Waals surface area contributed by atoms with Gasteiger partial charge < -0.3 is 5.32 Å². The van der Waals surface area contributed by atoms with Crippen molar-refractivity contribution in [3.05, 3.63) is 40.7 Å². The van der Waals surface area contributed by atoms with Gasteiger partial charge in [-0.25, -0.2) is 4.98 Å². The van der Waals surface area contributed by atoms with Crippen LogP contribution in [0.5, 0.6) is 0 Å². The van der Waals surface area contributed by atoms with E-state index in [0.717, 1.165) is 42.9 Å². The highest BCUT2D eigenvalue weighted by Crippen LogP contribution is 2.32. The van der Waals surface area contributed by atoms with Crippen LogP contribution in [0.4, 0.5) is 18.3 Å². The molecule has 10 heteroatoms. The topological polar surface area (TPSA) is 66.9 Å². The van der Waals surface area contributed by atoms with Gasteiger partial charge in [-0.05, 0) is 44.0 Å². The van der Waals surface area contributed by atoms with Gasteiger partial charge in [0, 0.05) is 17.3 Å². The predicted molar refractivity (Wildman–Crippen MR) is 91.4 cm³/mol. The lowest BCUT2D eigenvalue weighted by Crippen LogP contribution is -2.26. The van der Waals surface area contributed by atoms with E-state index in [-0.39, 0.29) is 18.1 Å². The van der Waals surface area contributed by atoms with Crippen LogP contribution in [0.3, 0.4) is 0 Å². The number of nitrogens with one attached hydrogen (secondary N) is 2. The zero-order valence-corrected chi connectivity index (χ0v) is 14.6. The van der Waals surface area contributed by atoms with Crippen molar-refractivity contribution in [1.82, 2.24) is 15.3 Å². The van der Waals surface area contributed by atoms with Crippen molar-refractivity contribution in [3.8, 4) is 0 Å². The number of thiazole rings is 1. The van der Waals surface area contributed by atoms with Crippen molar-refractivity contribution in [2.24, 2.45) is 0 Å². The summed E-state index contributed by atoms with van der Waals surface area (Å²) in [5, 5.41) is 6.30. The van der Waals surface area contributed by atoms with Crippen molar-refractivity contribution in [3.63, 3.8) is 0 Å². The van der Waals surface area contributed by atoms with Gasteiger partial charge in [-0.1, -0.05) is 0 Å². The minimum absolute atomic E-state index is 0. The maximum absolute atomic E-state index is 12.5. The fourth-order valence-electron chi connectivity index (χ4n) is 2.50. The predicted octanol–water partition coefficient (Wildman–Crippen LogP) is 3.70. The van der Waals surface area contributed by atoms with Crippen LogP contribution in [0, 0.1) is 0 Å². The molecule has 25 heavy (non-hydrogen) atoms. The van der Waals surface area contributed by atoms with Crippen molar-refractivity contribution < 1.29 is 18.0 Å². The number of pyridine rings is 1. The van der Waals surface area contributed by atoms with E-state index < -0.39 is 17.6 Å². The van der Waals surface area contributed by atoms with E-state index in [4.69, 9.17) is 0 Å². The lowest BCUT2D eigenvalue weighted by molar-refractivity contribution is -0.137. The molecule has 2 aromatic heterocycles. The van der Waals surface area contributed by atoms with Gasteiger partial charge in [-0.3, -0.25) is 15.1 Å². The second kappa shape index (κ2) is 8.11. The molecular formula is C15H16ClF3N4OS. The van der Waals surface area contributed by atoms with E-state index in [1.165, 1.54) is 11.3 Å². The number of carbonyl (C=O) groups excluding carboxylic acids is 1. The Labute approximate surface area is 152 Å². The van der Waals surface area contributed by atoms with E-state index in [1.54, 1.807) is 6.20 Å². The van der Waals surface area contributed by atoms with Gasteiger partial charge in [0.2, 0.25) is 0 Å². The van der Waals surface area contributed by atoms with Crippen LogP contribution >= 0.6 is 23.7 Å². The van der Waals surface area contributed by atoms with E-state index in [0.29, 0.717) is 17.2 Å². The monoisotopic (exact) mass is 392 g/mol. The van der Waals surface area contributed by atoms with Gasteiger partial charge in [0.1, 0.15) is 5.69 Å². The maximum Gasteiger partial charge on any atom is 0.417 e. The van der Waals surface area contributed by atoms with E-state index in [2.05, 4.69) is 20.6 Å². The summed E-state index contributed by atoms with van der Waals surface area (Å²) in [6.45, 7) is 1.92.